The minimum Gasteiger partial charge on any atom is -0.393 e. The van der Waals surface area contributed by atoms with Gasteiger partial charge >= 0.3 is 0 Å². The molecule has 192 valence electrons. The number of aliphatic hydroxyl groups excluding tert-OH is 2. The second kappa shape index (κ2) is 10.0. The van der Waals surface area contributed by atoms with Crippen LogP contribution in [0.15, 0.2) is 46.7 Å². The van der Waals surface area contributed by atoms with Gasteiger partial charge in [-0.1, -0.05) is 38.2 Å². The number of aliphatic hydroxyl groups is 2. The minimum absolute atomic E-state index is 0.109. The third kappa shape index (κ3) is 5.29. The number of rotatable bonds is 5. The van der Waals surface area contributed by atoms with E-state index in [9.17, 15) is 23.0 Å². The van der Waals surface area contributed by atoms with Crippen molar-refractivity contribution in [1.29, 1.82) is 0 Å². The van der Waals surface area contributed by atoms with Crippen LogP contribution in [0.5, 0.6) is 0 Å². The molecule has 0 radical (unpaired) electrons. The van der Waals surface area contributed by atoms with Crippen LogP contribution in [-0.2, 0) is 9.84 Å². The van der Waals surface area contributed by atoms with Gasteiger partial charge in [0.25, 0.3) is 0 Å². The molecule has 0 aromatic rings. The van der Waals surface area contributed by atoms with Crippen LogP contribution in [-0.4, -0.2) is 35.6 Å². The highest BCUT2D eigenvalue weighted by Gasteiger charge is 2.50. The van der Waals surface area contributed by atoms with E-state index >= 15 is 0 Å². The topological polar surface area (TPSA) is 74.6 Å². The summed E-state index contributed by atoms with van der Waals surface area (Å²) >= 11 is 0. The molecule has 0 aromatic carbocycles. The number of fused-ring (bicyclic) bond motifs is 1. The summed E-state index contributed by atoms with van der Waals surface area (Å²) in [5, 5.41) is 19.2. The van der Waals surface area contributed by atoms with Gasteiger partial charge < -0.3 is 10.2 Å². The zero-order chi connectivity index (χ0) is 25.5. The molecule has 6 atom stereocenters. The number of hydrogen-bond acceptors (Lipinski definition) is 4. The van der Waals surface area contributed by atoms with E-state index in [0.717, 1.165) is 37.7 Å². The molecule has 6 heteroatoms. The zero-order valence-corrected chi connectivity index (χ0v) is 22.3. The Labute approximate surface area is 205 Å². The molecule has 0 bridgehead atoms. The van der Waals surface area contributed by atoms with Crippen molar-refractivity contribution >= 4 is 9.84 Å². The van der Waals surface area contributed by atoms with Crippen molar-refractivity contribution in [3.63, 3.8) is 0 Å². The third-order valence-corrected chi connectivity index (χ3v) is 11.0. The van der Waals surface area contributed by atoms with Crippen LogP contribution >= 0.6 is 0 Å². The van der Waals surface area contributed by atoms with Gasteiger partial charge in [-0.3, -0.25) is 0 Å². The van der Waals surface area contributed by atoms with Gasteiger partial charge in [0.05, 0.1) is 17.0 Å². The molecule has 2 N–H and O–H groups in total. The van der Waals surface area contributed by atoms with Gasteiger partial charge in [-0.05, 0) is 106 Å². The van der Waals surface area contributed by atoms with Gasteiger partial charge in [0.15, 0.2) is 0 Å². The Kier molecular flexibility index (Phi) is 8.06. The van der Waals surface area contributed by atoms with E-state index in [1.165, 1.54) is 32.4 Å². The SMILES string of the molecule is C=C1/C(=C\C=C2/CCC[C@]3(C)[C@@H]([C@H](C)C/C=C(/F)S(=O)(=O)C(C)(C)C)CC[C@@H]23)C[C@@H](O)C[C@@H]1O. The lowest BCUT2D eigenvalue weighted by Crippen LogP contribution is -2.36. The van der Waals surface area contributed by atoms with Crippen molar-refractivity contribution in [3.8, 4) is 0 Å². The van der Waals surface area contributed by atoms with Crippen LogP contribution in [0.1, 0.15) is 86.0 Å². The maximum Gasteiger partial charge on any atom is 0.211 e. The van der Waals surface area contributed by atoms with Crippen molar-refractivity contribution < 1.29 is 23.0 Å². The number of allylic oxidation sites excluding steroid dienone is 4. The van der Waals surface area contributed by atoms with Crippen LogP contribution in [0.3, 0.4) is 0 Å². The molecule has 0 saturated heterocycles. The van der Waals surface area contributed by atoms with E-state index < -0.39 is 32.0 Å². The molecule has 0 unspecified atom stereocenters. The first-order chi connectivity index (χ1) is 15.7. The Bertz CT molecular complexity index is 984. The second-order valence-electron chi connectivity index (χ2n) is 12.0. The van der Waals surface area contributed by atoms with Gasteiger partial charge in [-0.25, -0.2) is 8.42 Å². The number of sulfone groups is 1. The van der Waals surface area contributed by atoms with Crippen LogP contribution in [0.4, 0.5) is 4.39 Å². The first-order valence-corrected chi connectivity index (χ1v) is 14.2. The summed E-state index contributed by atoms with van der Waals surface area (Å²) < 4.78 is 38.2. The predicted octanol–water partition coefficient (Wildman–Crippen LogP) is 6.18. The largest absolute Gasteiger partial charge is 0.393 e. The molecule has 4 nitrogen and oxygen atoms in total. The van der Waals surface area contributed by atoms with E-state index in [0.29, 0.717) is 36.7 Å². The van der Waals surface area contributed by atoms with Crippen LogP contribution in [0.2, 0.25) is 0 Å². The first kappa shape index (κ1) is 27.3. The molecule has 34 heavy (non-hydrogen) atoms. The van der Waals surface area contributed by atoms with Gasteiger partial charge in [0, 0.05) is 6.42 Å². The van der Waals surface area contributed by atoms with Gasteiger partial charge in [0.1, 0.15) is 0 Å². The molecule has 3 saturated carbocycles. The van der Waals surface area contributed by atoms with Crippen LogP contribution < -0.4 is 0 Å². The lowest BCUT2D eigenvalue weighted by molar-refractivity contribution is 0.0862. The first-order valence-electron chi connectivity index (χ1n) is 12.7. The van der Waals surface area contributed by atoms with Gasteiger partial charge in [0.2, 0.25) is 15.0 Å². The maximum absolute atomic E-state index is 14.6. The molecule has 0 amide bonds. The molecule has 3 aliphatic carbocycles. The van der Waals surface area contributed by atoms with Crippen molar-refractivity contribution in [2.24, 2.45) is 23.2 Å². The van der Waals surface area contributed by atoms with E-state index in [2.05, 4.69) is 26.5 Å². The summed E-state index contributed by atoms with van der Waals surface area (Å²) in [7, 11) is -3.94. The molecule has 3 fully saturated rings. The molecule has 3 aliphatic rings. The highest BCUT2D eigenvalue weighted by Crippen LogP contribution is 2.59. The Hall–Kier alpha value is -1.24. The Morgan fingerprint density at radius 3 is 2.59 bits per heavy atom. The van der Waals surface area contributed by atoms with Crippen molar-refractivity contribution in [3.05, 3.63) is 46.7 Å². The quantitative estimate of drug-likeness (QED) is 0.479. The predicted molar refractivity (Wildman–Crippen MR) is 136 cm³/mol. The maximum atomic E-state index is 14.6. The molecule has 0 heterocycles. The Morgan fingerprint density at radius 1 is 1.26 bits per heavy atom. The fraction of sp³-hybridized carbons (Fsp3) is 0.714. The summed E-state index contributed by atoms with van der Waals surface area (Å²) in [4.78, 5) is 0. The summed E-state index contributed by atoms with van der Waals surface area (Å²) in [6, 6.07) is 0. The van der Waals surface area contributed by atoms with E-state index in [-0.39, 0.29) is 11.3 Å². The Morgan fingerprint density at radius 2 is 1.94 bits per heavy atom. The fourth-order valence-electron chi connectivity index (χ4n) is 6.52. The van der Waals surface area contributed by atoms with E-state index in [1.807, 2.05) is 6.08 Å². The average Bonchev–Trinajstić information content (AvgIpc) is 3.09. The molecule has 0 spiro atoms. The third-order valence-electron chi connectivity index (χ3n) is 8.70. The number of hydrogen-bond donors (Lipinski definition) is 2. The summed E-state index contributed by atoms with van der Waals surface area (Å²) in [6.45, 7) is 13.1. The second-order valence-corrected chi connectivity index (χ2v) is 14.6. The zero-order valence-electron chi connectivity index (χ0n) is 21.5. The monoisotopic (exact) mass is 494 g/mol. The Balaban J connectivity index is 1.76. The van der Waals surface area contributed by atoms with Crippen molar-refractivity contribution in [1.82, 2.24) is 0 Å². The molecule has 3 rings (SSSR count). The standard InChI is InChI=1S/C28H43FO4S/c1-18(9-14-26(29)34(32,33)27(3,4)5)23-12-13-24-20(8-7-15-28(23,24)6)10-11-21-16-22(30)17-25(31)19(21)2/h10-11,14,18,22-25,30-31H,2,7-9,12-13,15-17H2,1,3-6H3/b20-10+,21-11-,26-14-/t18-,22-,23-,24+,25+,28-/m1/s1. The highest BCUT2D eigenvalue weighted by atomic mass is 32.2. The fourth-order valence-corrected chi connectivity index (χ4v) is 7.42. The summed E-state index contributed by atoms with van der Waals surface area (Å²) in [5.41, 5.74) is 3.15. The van der Waals surface area contributed by atoms with Gasteiger partial charge in [-0.2, -0.15) is 4.39 Å². The lowest BCUT2D eigenvalue weighted by atomic mass is 9.61. The smallest absolute Gasteiger partial charge is 0.211 e. The molecule has 0 aliphatic heterocycles. The van der Waals surface area contributed by atoms with Gasteiger partial charge in [-0.15, -0.1) is 0 Å². The van der Waals surface area contributed by atoms with Crippen molar-refractivity contribution in [2.45, 2.75) is 103 Å². The van der Waals surface area contributed by atoms with Crippen LogP contribution in [0.25, 0.3) is 0 Å². The average molecular weight is 495 g/mol. The highest BCUT2D eigenvalue weighted by molar-refractivity contribution is 7.96. The van der Waals surface area contributed by atoms with Crippen LogP contribution in [0, 0.1) is 23.2 Å². The lowest BCUT2D eigenvalue weighted by Gasteiger charge is -2.44. The summed E-state index contributed by atoms with van der Waals surface area (Å²) in [5.74, 6) is 1.05. The molecule has 0 aromatic heterocycles. The normalized spacial score (nSPS) is 36.7. The van der Waals surface area contributed by atoms with Crippen molar-refractivity contribution in [2.75, 3.05) is 0 Å². The number of halogens is 1. The van der Waals surface area contributed by atoms with E-state index in [4.69, 9.17) is 0 Å². The minimum atomic E-state index is -3.94. The van der Waals surface area contributed by atoms with E-state index in [1.54, 1.807) is 0 Å². The molecular formula is C28H43FO4S. The summed E-state index contributed by atoms with van der Waals surface area (Å²) in [6.07, 6.45) is 11.0. The molecular weight excluding hydrogens is 451 g/mol.